The third-order valence-corrected chi connectivity index (χ3v) is 12.3. The fourth-order valence-corrected chi connectivity index (χ4v) is 9.49. The van der Waals surface area contributed by atoms with E-state index < -0.39 is 24.2 Å². The maximum absolute atomic E-state index is 16.6. The van der Waals surface area contributed by atoms with E-state index in [9.17, 15) is 20.4 Å². The Morgan fingerprint density at radius 3 is 1.29 bits per heavy atom. The van der Waals surface area contributed by atoms with Gasteiger partial charge in [-0.25, -0.2) is 4.79 Å². The van der Waals surface area contributed by atoms with Crippen LogP contribution < -0.4 is 0 Å². The SMILES string of the molecule is Cc1cc(C2Cc3c([nH]c4ccccc34)C(c3ccc(O)cc3)N2C(=O)N2C(c3ccc(O)c(C)c3)Cc3c([nH]c4ccccc34)C2c2ccc(O)cc2)ccc1O. The van der Waals surface area contributed by atoms with Gasteiger partial charge in [-0.2, -0.15) is 0 Å². The van der Waals surface area contributed by atoms with Crippen molar-refractivity contribution >= 4 is 27.8 Å². The van der Waals surface area contributed by atoms with Crippen molar-refractivity contribution in [3.05, 3.63) is 189 Å². The number of fused-ring (bicyclic) bond motifs is 6. The molecule has 58 heavy (non-hydrogen) atoms. The number of aryl methyl sites for hydroxylation is 2. The second-order valence-corrected chi connectivity index (χ2v) is 15.7. The first-order valence-corrected chi connectivity index (χ1v) is 19.6. The van der Waals surface area contributed by atoms with Gasteiger partial charge in [-0.3, -0.25) is 0 Å². The molecule has 0 aliphatic carbocycles. The standard InChI is InChI=1S/C49H42N4O5/c1-27-23-31(15-21-43(27)56)41-25-37-35-7-3-5-9-39(35)50-45(37)47(29-11-17-33(54)18-12-29)52(41)49(58)53-42(32-16-22-44(57)28(2)24-32)26-38-36-8-4-6-10-40(36)51-46(38)48(53)30-13-19-34(55)20-14-30/h3-24,41-42,47-48,50-51,54-57H,25-26H2,1-2H3. The van der Waals surface area contributed by atoms with Crippen molar-refractivity contribution in [3.63, 3.8) is 0 Å². The molecular weight excluding hydrogens is 725 g/mol. The van der Waals surface area contributed by atoms with Gasteiger partial charge in [0.2, 0.25) is 0 Å². The number of nitrogens with zero attached hydrogens (tertiary/aromatic N) is 2. The van der Waals surface area contributed by atoms with Gasteiger partial charge in [0.05, 0.1) is 24.2 Å². The molecule has 4 atom stereocenters. The average molecular weight is 767 g/mol. The van der Waals surface area contributed by atoms with Crippen molar-refractivity contribution in [1.29, 1.82) is 0 Å². The summed E-state index contributed by atoms with van der Waals surface area (Å²) in [6.07, 6.45) is 1.00. The van der Waals surface area contributed by atoms with Crippen molar-refractivity contribution in [2.45, 2.75) is 50.9 Å². The van der Waals surface area contributed by atoms with Crippen molar-refractivity contribution in [3.8, 4) is 23.0 Å². The fraction of sp³-hybridized carbons (Fsp3) is 0.163. The van der Waals surface area contributed by atoms with Crippen molar-refractivity contribution < 1.29 is 25.2 Å². The molecule has 0 spiro atoms. The second-order valence-electron chi connectivity index (χ2n) is 15.7. The summed E-state index contributed by atoms with van der Waals surface area (Å²) in [5.41, 5.74) is 10.7. The van der Waals surface area contributed by atoms with Crippen LogP contribution in [0.4, 0.5) is 4.79 Å². The Morgan fingerprint density at radius 1 is 0.517 bits per heavy atom. The van der Waals surface area contributed by atoms with Gasteiger partial charge >= 0.3 is 6.03 Å². The Bertz CT molecular complexity index is 2680. The second kappa shape index (κ2) is 13.5. The van der Waals surface area contributed by atoms with Crippen LogP contribution in [0.5, 0.6) is 23.0 Å². The number of carbonyl (C=O) groups excluding carboxylic acids is 1. The zero-order valence-corrected chi connectivity index (χ0v) is 32.0. The fourth-order valence-electron chi connectivity index (χ4n) is 9.49. The van der Waals surface area contributed by atoms with Crippen LogP contribution in [-0.4, -0.2) is 46.2 Å². The number of hydrogen-bond acceptors (Lipinski definition) is 5. The molecule has 4 heterocycles. The summed E-state index contributed by atoms with van der Waals surface area (Å²) >= 11 is 0. The van der Waals surface area contributed by atoms with Crippen molar-refractivity contribution in [2.24, 2.45) is 0 Å². The third kappa shape index (κ3) is 5.64. The Labute approximate surface area is 335 Å². The van der Waals surface area contributed by atoms with E-state index >= 15 is 4.79 Å². The summed E-state index contributed by atoms with van der Waals surface area (Å²) in [5, 5.41) is 44.6. The van der Waals surface area contributed by atoms with Crippen LogP contribution in [0, 0.1) is 13.8 Å². The number of hydrogen-bond donors (Lipinski definition) is 6. The zero-order valence-electron chi connectivity index (χ0n) is 32.0. The van der Waals surface area contributed by atoms with E-state index in [1.54, 1.807) is 36.4 Å². The number of urea groups is 1. The number of aromatic nitrogens is 2. The lowest BCUT2D eigenvalue weighted by atomic mass is 9.83. The highest BCUT2D eigenvalue weighted by molar-refractivity contribution is 5.89. The lowest BCUT2D eigenvalue weighted by Crippen LogP contribution is -2.53. The maximum atomic E-state index is 16.6. The van der Waals surface area contributed by atoms with Crippen LogP contribution in [0.2, 0.25) is 0 Å². The van der Waals surface area contributed by atoms with E-state index in [2.05, 4.69) is 34.2 Å². The number of amides is 2. The molecule has 8 aromatic rings. The van der Waals surface area contributed by atoms with E-state index in [1.807, 2.05) is 96.4 Å². The van der Waals surface area contributed by atoms with Crippen LogP contribution >= 0.6 is 0 Å². The molecule has 2 aliphatic heterocycles. The zero-order chi connectivity index (χ0) is 39.8. The van der Waals surface area contributed by atoms with Crippen LogP contribution in [0.3, 0.4) is 0 Å². The van der Waals surface area contributed by atoms with Gasteiger partial charge in [-0.15, -0.1) is 0 Å². The number of H-pyrrole nitrogens is 2. The number of carbonyl (C=O) groups is 1. The minimum absolute atomic E-state index is 0.123. The first-order chi connectivity index (χ1) is 28.1. The van der Waals surface area contributed by atoms with E-state index in [0.717, 1.165) is 66.6 Å². The lowest BCUT2D eigenvalue weighted by molar-refractivity contribution is 0.0761. The highest BCUT2D eigenvalue weighted by atomic mass is 16.3. The number of rotatable bonds is 4. The predicted molar refractivity (Wildman–Crippen MR) is 224 cm³/mol. The van der Waals surface area contributed by atoms with Gasteiger partial charge in [-0.05, 0) is 120 Å². The van der Waals surface area contributed by atoms with Gasteiger partial charge in [0, 0.05) is 33.2 Å². The molecule has 2 aromatic heterocycles. The smallest absolute Gasteiger partial charge is 0.322 e. The molecule has 2 amide bonds. The number of nitrogens with one attached hydrogen (secondary N) is 2. The molecule has 9 heteroatoms. The minimum atomic E-state index is -0.616. The molecule has 0 radical (unpaired) electrons. The number of aromatic amines is 2. The predicted octanol–water partition coefficient (Wildman–Crippen LogP) is 10.3. The topological polar surface area (TPSA) is 136 Å². The summed E-state index contributed by atoms with van der Waals surface area (Å²) < 4.78 is 0. The minimum Gasteiger partial charge on any atom is -0.508 e. The summed E-state index contributed by atoms with van der Waals surface area (Å²) in [6.45, 7) is 3.74. The largest absolute Gasteiger partial charge is 0.508 e. The van der Waals surface area contributed by atoms with Gasteiger partial charge in [0.15, 0.2) is 0 Å². The van der Waals surface area contributed by atoms with Crippen molar-refractivity contribution in [2.75, 3.05) is 0 Å². The van der Waals surface area contributed by atoms with E-state index in [0.29, 0.717) is 24.0 Å². The molecule has 4 unspecified atom stereocenters. The average Bonchev–Trinajstić information content (AvgIpc) is 3.80. The Kier molecular flexibility index (Phi) is 8.23. The maximum Gasteiger partial charge on any atom is 0.322 e. The summed E-state index contributed by atoms with van der Waals surface area (Å²) in [7, 11) is 0. The van der Waals surface area contributed by atoms with Gasteiger partial charge < -0.3 is 40.2 Å². The number of para-hydroxylation sites is 2. The lowest BCUT2D eigenvalue weighted by Gasteiger charge is -2.49. The van der Waals surface area contributed by atoms with Gasteiger partial charge in [0.1, 0.15) is 23.0 Å². The highest BCUT2D eigenvalue weighted by Crippen LogP contribution is 2.52. The van der Waals surface area contributed by atoms with Crippen LogP contribution in [0.25, 0.3) is 21.8 Å². The van der Waals surface area contributed by atoms with Crippen molar-refractivity contribution in [1.82, 2.24) is 19.8 Å². The van der Waals surface area contributed by atoms with Gasteiger partial charge in [0.25, 0.3) is 0 Å². The highest BCUT2D eigenvalue weighted by Gasteiger charge is 2.48. The Balaban J connectivity index is 1.26. The molecule has 2 aliphatic rings. The normalized spacial score (nSPS) is 19.0. The Hall–Kier alpha value is -7.13. The number of benzene rings is 6. The summed E-state index contributed by atoms with van der Waals surface area (Å²) in [6, 6.07) is 39.3. The molecule has 0 fully saturated rings. The van der Waals surface area contributed by atoms with Crippen LogP contribution in [0.1, 0.15) is 80.1 Å². The first-order valence-electron chi connectivity index (χ1n) is 19.6. The van der Waals surface area contributed by atoms with Crippen LogP contribution in [-0.2, 0) is 12.8 Å². The summed E-state index contributed by atoms with van der Waals surface area (Å²) in [4.78, 5) is 28.0. The molecular formula is C49H42N4O5. The van der Waals surface area contributed by atoms with E-state index in [1.165, 1.54) is 0 Å². The number of phenolic OH excluding ortho intramolecular Hbond substituents is 4. The number of aromatic hydroxyl groups is 4. The molecule has 0 bridgehead atoms. The van der Waals surface area contributed by atoms with Crippen LogP contribution in [0.15, 0.2) is 133 Å². The monoisotopic (exact) mass is 766 g/mol. The third-order valence-electron chi connectivity index (χ3n) is 12.3. The first kappa shape index (κ1) is 35.3. The molecule has 0 saturated carbocycles. The molecule has 10 rings (SSSR count). The molecule has 6 N–H and O–H groups in total. The molecule has 288 valence electrons. The van der Waals surface area contributed by atoms with Gasteiger partial charge in [-0.1, -0.05) is 84.9 Å². The summed E-state index contributed by atoms with van der Waals surface area (Å²) in [5.74, 6) is 0.603. The molecule has 9 nitrogen and oxygen atoms in total. The quantitative estimate of drug-likeness (QED) is 0.106. The Morgan fingerprint density at radius 2 is 0.897 bits per heavy atom. The van der Waals surface area contributed by atoms with E-state index in [4.69, 9.17) is 0 Å². The number of phenols is 4. The van der Waals surface area contributed by atoms with E-state index in [-0.39, 0.29) is 29.0 Å². The molecule has 6 aromatic carbocycles. The molecule has 0 saturated heterocycles.